The molecule has 0 aromatic carbocycles. The van der Waals surface area contributed by atoms with Crippen LogP contribution in [0.15, 0.2) is 12.1 Å². The number of nitrogens with one attached hydrogen (secondary N) is 2. The molecule has 1 aromatic heterocycles. The highest BCUT2D eigenvalue weighted by molar-refractivity contribution is 5.41. The summed E-state index contributed by atoms with van der Waals surface area (Å²) in [7, 11) is 0. The summed E-state index contributed by atoms with van der Waals surface area (Å²) < 4.78 is 0. The van der Waals surface area contributed by atoms with Crippen molar-refractivity contribution >= 4 is 5.82 Å². The lowest BCUT2D eigenvalue weighted by molar-refractivity contribution is 0.552. The van der Waals surface area contributed by atoms with E-state index in [4.69, 9.17) is 0 Å². The molecule has 0 radical (unpaired) electrons. The highest BCUT2D eigenvalue weighted by Gasteiger charge is 2.07. The summed E-state index contributed by atoms with van der Waals surface area (Å²) in [6.07, 6.45) is 0. The van der Waals surface area contributed by atoms with Gasteiger partial charge >= 0.3 is 0 Å². The molecule has 0 spiro atoms. The third-order valence-electron chi connectivity index (χ3n) is 2.81. The van der Waals surface area contributed by atoms with Gasteiger partial charge in [0.2, 0.25) is 0 Å². The molecule has 3 heteroatoms. The first kappa shape index (κ1) is 16.0. The standard InChI is InChI=1S/C16H29N3/c1-11(2)9-17-10-14-7-15(12(3)4)19-16(8-14)18-13(5)6/h7-8,11-13,17H,9-10H2,1-6H3,(H,18,19). The van der Waals surface area contributed by atoms with Gasteiger partial charge in [0.1, 0.15) is 5.82 Å². The van der Waals surface area contributed by atoms with E-state index in [0.29, 0.717) is 17.9 Å². The second-order valence-corrected chi connectivity index (χ2v) is 6.26. The molecule has 0 fully saturated rings. The Bertz CT molecular complexity index is 384. The minimum Gasteiger partial charge on any atom is -0.368 e. The zero-order valence-electron chi connectivity index (χ0n) is 13.2. The van der Waals surface area contributed by atoms with E-state index in [1.165, 1.54) is 5.56 Å². The highest BCUT2D eigenvalue weighted by Crippen LogP contribution is 2.18. The molecule has 0 saturated heterocycles. The summed E-state index contributed by atoms with van der Waals surface area (Å²) in [5.74, 6) is 2.12. The monoisotopic (exact) mass is 263 g/mol. The average molecular weight is 263 g/mol. The van der Waals surface area contributed by atoms with Crippen molar-refractivity contribution in [3.8, 4) is 0 Å². The van der Waals surface area contributed by atoms with Crippen LogP contribution in [0.25, 0.3) is 0 Å². The van der Waals surface area contributed by atoms with Gasteiger partial charge in [0, 0.05) is 18.3 Å². The Balaban J connectivity index is 2.80. The van der Waals surface area contributed by atoms with E-state index in [-0.39, 0.29) is 0 Å². The van der Waals surface area contributed by atoms with E-state index in [0.717, 1.165) is 24.6 Å². The molecule has 1 heterocycles. The van der Waals surface area contributed by atoms with E-state index >= 15 is 0 Å². The van der Waals surface area contributed by atoms with Crippen molar-refractivity contribution in [2.24, 2.45) is 5.92 Å². The van der Waals surface area contributed by atoms with Crippen LogP contribution in [0.1, 0.15) is 58.7 Å². The van der Waals surface area contributed by atoms with Crippen LogP contribution in [0.2, 0.25) is 0 Å². The zero-order valence-corrected chi connectivity index (χ0v) is 13.2. The number of nitrogens with zero attached hydrogens (tertiary/aromatic N) is 1. The first-order chi connectivity index (χ1) is 8.88. The van der Waals surface area contributed by atoms with Crippen molar-refractivity contribution in [2.75, 3.05) is 11.9 Å². The molecule has 0 unspecified atom stereocenters. The molecule has 1 aromatic rings. The van der Waals surface area contributed by atoms with Gasteiger partial charge in [-0.3, -0.25) is 0 Å². The molecule has 3 nitrogen and oxygen atoms in total. The normalized spacial score (nSPS) is 11.6. The van der Waals surface area contributed by atoms with Gasteiger partial charge in [0.25, 0.3) is 0 Å². The number of hydrogen-bond acceptors (Lipinski definition) is 3. The molecule has 0 aliphatic heterocycles. The van der Waals surface area contributed by atoms with E-state index in [1.54, 1.807) is 0 Å². The molecule has 108 valence electrons. The smallest absolute Gasteiger partial charge is 0.126 e. The Labute approximate surface area is 118 Å². The molecule has 0 bridgehead atoms. The maximum Gasteiger partial charge on any atom is 0.126 e. The van der Waals surface area contributed by atoms with E-state index in [9.17, 15) is 0 Å². The minimum absolute atomic E-state index is 0.409. The quantitative estimate of drug-likeness (QED) is 0.786. The lowest BCUT2D eigenvalue weighted by atomic mass is 10.1. The van der Waals surface area contributed by atoms with Crippen LogP contribution in [-0.4, -0.2) is 17.6 Å². The van der Waals surface area contributed by atoms with Gasteiger partial charge in [0.05, 0.1) is 0 Å². The van der Waals surface area contributed by atoms with Crippen molar-refractivity contribution in [1.29, 1.82) is 0 Å². The van der Waals surface area contributed by atoms with E-state index in [2.05, 4.69) is 69.3 Å². The van der Waals surface area contributed by atoms with Crippen molar-refractivity contribution in [2.45, 2.75) is 60.0 Å². The second kappa shape index (κ2) is 7.49. The van der Waals surface area contributed by atoms with Crippen LogP contribution < -0.4 is 10.6 Å². The third-order valence-corrected chi connectivity index (χ3v) is 2.81. The summed E-state index contributed by atoms with van der Waals surface area (Å²) in [5.41, 5.74) is 2.47. The lowest BCUT2D eigenvalue weighted by Crippen LogP contribution is -2.20. The van der Waals surface area contributed by atoms with Gasteiger partial charge < -0.3 is 10.6 Å². The fourth-order valence-corrected chi connectivity index (χ4v) is 1.88. The summed E-state index contributed by atoms with van der Waals surface area (Å²) >= 11 is 0. The van der Waals surface area contributed by atoms with Crippen molar-refractivity contribution in [3.05, 3.63) is 23.4 Å². The van der Waals surface area contributed by atoms with Crippen LogP contribution in [-0.2, 0) is 6.54 Å². The summed E-state index contributed by atoms with van der Waals surface area (Å²) in [5, 5.41) is 6.89. The fourth-order valence-electron chi connectivity index (χ4n) is 1.88. The molecule has 0 aliphatic carbocycles. The van der Waals surface area contributed by atoms with Crippen LogP contribution in [0.3, 0.4) is 0 Å². The largest absolute Gasteiger partial charge is 0.368 e. The van der Waals surface area contributed by atoms with Crippen LogP contribution in [0.4, 0.5) is 5.82 Å². The second-order valence-electron chi connectivity index (χ2n) is 6.26. The van der Waals surface area contributed by atoms with Gasteiger partial charge in [-0.05, 0) is 49.9 Å². The molecule has 0 aliphatic rings. The number of aromatic nitrogens is 1. The third kappa shape index (κ3) is 6.06. The topological polar surface area (TPSA) is 37.0 Å². The zero-order chi connectivity index (χ0) is 14.4. The lowest BCUT2D eigenvalue weighted by Gasteiger charge is -2.15. The van der Waals surface area contributed by atoms with Crippen LogP contribution >= 0.6 is 0 Å². The molecule has 2 N–H and O–H groups in total. The predicted octanol–water partition coefficient (Wildman–Crippen LogP) is 3.77. The van der Waals surface area contributed by atoms with Crippen molar-refractivity contribution < 1.29 is 0 Å². The Morgan fingerprint density at radius 3 is 2.26 bits per heavy atom. The maximum atomic E-state index is 4.68. The Hall–Kier alpha value is -1.09. The molecule has 0 atom stereocenters. The van der Waals surface area contributed by atoms with Gasteiger partial charge in [0.15, 0.2) is 0 Å². The summed E-state index contributed by atoms with van der Waals surface area (Å²) in [4.78, 5) is 4.68. The molecular formula is C16H29N3. The fraction of sp³-hybridized carbons (Fsp3) is 0.688. The number of anilines is 1. The highest BCUT2D eigenvalue weighted by atomic mass is 15.0. The Morgan fingerprint density at radius 2 is 1.74 bits per heavy atom. The van der Waals surface area contributed by atoms with E-state index < -0.39 is 0 Å². The molecule has 0 saturated carbocycles. The summed E-state index contributed by atoms with van der Waals surface area (Å²) in [6, 6.07) is 4.77. The minimum atomic E-state index is 0.409. The first-order valence-corrected chi connectivity index (χ1v) is 7.36. The van der Waals surface area contributed by atoms with Crippen molar-refractivity contribution in [1.82, 2.24) is 10.3 Å². The first-order valence-electron chi connectivity index (χ1n) is 7.36. The molecule has 19 heavy (non-hydrogen) atoms. The molecular weight excluding hydrogens is 234 g/mol. The van der Waals surface area contributed by atoms with E-state index in [1.807, 2.05) is 0 Å². The number of rotatable bonds is 7. The predicted molar refractivity (Wildman–Crippen MR) is 83.6 cm³/mol. The SMILES string of the molecule is CC(C)CNCc1cc(NC(C)C)nc(C(C)C)c1. The van der Waals surface area contributed by atoms with Crippen LogP contribution in [0.5, 0.6) is 0 Å². The Morgan fingerprint density at radius 1 is 1.05 bits per heavy atom. The van der Waals surface area contributed by atoms with Gasteiger partial charge in [-0.15, -0.1) is 0 Å². The maximum absolute atomic E-state index is 4.68. The average Bonchev–Trinajstić information content (AvgIpc) is 2.27. The van der Waals surface area contributed by atoms with Gasteiger partial charge in [-0.1, -0.05) is 27.7 Å². The molecule has 1 rings (SSSR count). The molecule has 0 amide bonds. The van der Waals surface area contributed by atoms with Crippen LogP contribution in [0, 0.1) is 5.92 Å². The number of hydrogen-bond donors (Lipinski definition) is 2. The van der Waals surface area contributed by atoms with Gasteiger partial charge in [-0.25, -0.2) is 4.98 Å². The Kier molecular flexibility index (Phi) is 6.29. The van der Waals surface area contributed by atoms with Crippen molar-refractivity contribution in [3.63, 3.8) is 0 Å². The summed E-state index contributed by atoms with van der Waals surface area (Å²) in [6.45, 7) is 15.1. The van der Waals surface area contributed by atoms with Gasteiger partial charge in [-0.2, -0.15) is 0 Å². The number of pyridine rings is 1.